The van der Waals surface area contributed by atoms with E-state index in [4.69, 9.17) is 11.1 Å². The summed E-state index contributed by atoms with van der Waals surface area (Å²) in [6.45, 7) is 2.25. The van der Waals surface area contributed by atoms with Gasteiger partial charge in [0, 0.05) is 5.70 Å². The van der Waals surface area contributed by atoms with E-state index in [0.717, 1.165) is 23.1 Å². The molecular weight excluding hydrogens is 364 g/mol. The number of hydrogen-bond acceptors (Lipinski definition) is 2. The smallest absolute Gasteiger partial charge is 0.0632 e. The van der Waals surface area contributed by atoms with Crippen LogP contribution in [-0.2, 0) is 0 Å². The number of rotatable bonds is 5. The molecule has 0 aromatic heterocycles. The molecule has 0 fully saturated rings. The van der Waals surface area contributed by atoms with Gasteiger partial charge in [-0.3, -0.25) is 0 Å². The van der Waals surface area contributed by atoms with Crippen LogP contribution in [0.25, 0.3) is 22.4 Å². The molecule has 2 heteroatoms. The van der Waals surface area contributed by atoms with E-state index in [1.807, 2.05) is 42.5 Å². The highest BCUT2D eigenvalue weighted by Gasteiger charge is 2.07. The van der Waals surface area contributed by atoms with E-state index in [9.17, 15) is 0 Å². The average Bonchev–Trinajstić information content (AvgIpc) is 2.80. The molecule has 148 valence electrons. The lowest BCUT2D eigenvalue weighted by Gasteiger charge is -2.13. The summed E-state index contributed by atoms with van der Waals surface area (Å²) < 4.78 is 0. The molecule has 1 unspecified atom stereocenters. The van der Waals surface area contributed by atoms with Crippen LogP contribution >= 0.6 is 0 Å². The number of benzene rings is 3. The molecule has 4 rings (SSSR count). The summed E-state index contributed by atoms with van der Waals surface area (Å²) in [6, 6.07) is 26.5. The lowest BCUT2D eigenvalue weighted by molar-refractivity contribution is 0.740. The molecule has 0 heterocycles. The average molecular weight is 391 g/mol. The van der Waals surface area contributed by atoms with Crippen molar-refractivity contribution in [3.05, 3.63) is 120 Å². The van der Waals surface area contributed by atoms with Crippen LogP contribution in [0.3, 0.4) is 0 Å². The molecule has 3 aromatic rings. The number of allylic oxidation sites excluding steroid dienone is 5. The van der Waals surface area contributed by atoms with Crippen molar-refractivity contribution in [2.24, 2.45) is 11.7 Å². The third-order valence-electron chi connectivity index (χ3n) is 5.42. The Morgan fingerprint density at radius 1 is 0.833 bits per heavy atom. The van der Waals surface area contributed by atoms with Crippen LogP contribution in [0.1, 0.15) is 30.0 Å². The Kier molecular flexibility index (Phi) is 5.76. The van der Waals surface area contributed by atoms with Crippen molar-refractivity contribution >= 4 is 17.0 Å². The van der Waals surface area contributed by atoms with E-state index in [0.29, 0.717) is 17.3 Å². The van der Waals surface area contributed by atoms with Gasteiger partial charge >= 0.3 is 0 Å². The predicted molar refractivity (Wildman–Crippen MR) is 128 cm³/mol. The first kappa shape index (κ1) is 19.7. The van der Waals surface area contributed by atoms with Gasteiger partial charge in [0.1, 0.15) is 0 Å². The third-order valence-corrected chi connectivity index (χ3v) is 5.42. The Balaban J connectivity index is 1.50. The summed E-state index contributed by atoms with van der Waals surface area (Å²) in [5, 5.41) is 8.24. The summed E-state index contributed by atoms with van der Waals surface area (Å²) in [7, 11) is 0. The Bertz CT molecular complexity index is 1120. The van der Waals surface area contributed by atoms with Crippen LogP contribution in [-0.4, -0.2) is 5.71 Å². The number of hydrogen-bond donors (Lipinski definition) is 2. The van der Waals surface area contributed by atoms with E-state index in [1.54, 1.807) is 6.08 Å². The van der Waals surface area contributed by atoms with Gasteiger partial charge in [-0.15, -0.1) is 0 Å². The van der Waals surface area contributed by atoms with Crippen molar-refractivity contribution in [2.75, 3.05) is 0 Å². The normalized spacial score (nSPS) is 16.2. The second-order valence-electron chi connectivity index (χ2n) is 7.77. The van der Waals surface area contributed by atoms with Crippen molar-refractivity contribution in [3.8, 4) is 11.1 Å². The Hall–Kier alpha value is -3.65. The Labute approximate surface area is 178 Å². The first-order valence-corrected chi connectivity index (χ1v) is 10.3. The lowest BCUT2D eigenvalue weighted by Crippen LogP contribution is -2.02. The molecule has 0 spiro atoms. The van der Waals surface area contributed by atoms with Crippen molar-refractivity contribution < 1.29 is 0 Å². The van der Waals surface area contributed by atoms with Gasteiger partial charge in [-0.2, -0.15) is 0 Å². The fourth-order valence-electron chi connectivity index (χ4n) is 3.68. The zero-order chi connectivity index (χ0) is 20.9. The molecule has 30 heavy (non-hydrogen) atoms. The maximum absolute atomic E-state index is 8.24. The summed E-state index contributed by atoms with van der Waals surface area (Å²) in [5.74, 6) is 0.596. The second-order valence-corrected chi connectivity index (χ2v) is 7.77. The lowest BCUT2D eigenvalue weighted by atomic mass is 9.92. The highest BCUT2D eigenvalue weighted by atomic mass is 14.6. The third kappa shape index (κ3) is 4.49. The molecule has 0 saturated carbocycles. The maximum atomic E-state index is 8.24. The largest absolute Gasteiger partial charge is 0.398 e. The molecule has 3 aromatic carbocycles. The minimum absolute atomic E-state index is 0.410. The van der Waals surface area contributed by atoms with Gasteiger partial charge in [0.2, 0.25) is 0 Å². The van der Waals surface area contributed by atoms with Gasteiger partial charge < -0.3 is 11.1 Å². The van der Waals surface area contributed by atoms with Gasteiger partial charge in [0.05, 0.1) is 5.71 Å². The number of nitrogens with one attached hydrogen (secondary N) is 1. The summed E-state index contributed by atoms with van der Waals surface area (Å²) in [6.07, 6.45) is 9.64. The fraction of sp³-hybridized carbons (Fsp3) is 0.107. The van der Waals surface area contributed by atoms with Gasteiger partial charge in [0.25, 0.3) is 0 Å². The van der Waals surface area contributed by atoms with E-state index >= 15 is 0 Å². The zero-order valence-electron chi connectivity index (χ0n) is 17.2. The first-order valence-electron chi connectivity index (χ1n) is 10.3. The highest BCUT2D eigenvalue weighted by Crippen LogP contribution is 2.27. The quantitative estimate of drug-likeness (QED) is 0.468. The van der Waals surface area contributed by atoms with Crippen LogP contribution < -0.4 is 5.73 Å². The molecule has 2 nitrogen and oxygen atoms in total. The standard InChI is InChI=1S/C28H26N2/c1-20-6-5-9-26(18-20)23-12-10-21(11-13-23)22-14-16-25(17-15-22)28(30)19-27(29)24-7-3-2-4-8-24/h2-5,7-20,29H,6,30H2,1H3/b28-19-,29-27?. The minimum atomic E-state index is 0.410. The molecule has 3 N–H and O–H groups in total. The molecule has 0 aliphatic heterocycles. The minimum Gasteiger partial charge on any atom is -0.398 e. The van der Waals surface area contributed by atoms with Gasteiger partial charge in [-0.1, -0.05) is 104 Å². The van der Waals surface area contributed by atoms with Crippen LogP contribution in [0, 0.1) is 11.3 Å². The van der Waals surface area contributed by atoms with Crippen LogP contribution in [0.4, 0.5) is 0 Å². The van der Waals surface area contributed by atoms with Gasteiger partial charge in [-0.25, -0.2) is 0 Å². The van der Waals surface area contributed by atoms with E-state index < -0.39 is 0 Å². The van der Waals surface area contributed by atoms with Crippen LogP contribution in [0.5, 0.6) is 0 Å². The van der Waals surface area contributed by atoms with Crippen LogP contribution in [0.15, 0.2) is 103 Å². The summed E-state index contributed by atoms with van der Waals surface area (Å²) in [5.41, 5.74) is 13.9. The van der Waals surface area contributed by atoms with Crippen molar-refractivity contribution in [1.82, 2.24) is 0 Å². The van der Waals surface area contributed by atoms with Gasteiger partial charge in [0.15, 0.2) is 0 Å². The fourth-order valence-corrected chi connectivity index (χ4v) is 3.68. The second kappa shape index (κ2) is 8.79. The van der Waals surface area contributed by atoms with Crippen molar-refractivity contribution in [3.63, 3.8) is 0 Å². The molecule has 0 amide bonds. The topological polar surface area (TPSA) is 49.9 Å². The van der Waals surface area contributed by atoms with E-state index in [-0.39, 0.29) is 0 Å². The van der Waals surface area contributed by atoms with E-state index in [1.165, 1.54) is 16.7 Å². The Morgan fingerprint density at radius 2 is 1.43 bits per heavy atom. The molecule has 0 saturated heterocycles. The van der Waals surface area contributed by atoms with Crippen molar-refractivity contribution in [2.45, 2.75) is 13.3 Å². The van der Waals surface area contributed by atoms with Crippen LogP contribution in [0.2, 0.25) is 0 Å². The number of nitrogens with two attached hydrogens (primary N) is 1. The molecular formula is C28H26N2. The monoisotopic (exact) mass is 390 g/mol. The molecule has 1 atom stereocenters. The summed E-state index contributed by atoms with van der Waals surface area (Å²) in [4.78, 5) is 0. The molecule has 1 aliphatic rings. The summed E-state index contributed by atoms with van der Waals surface area (Å²) >= 11 is 0. The molecule has 0 radical (unpaired) electrons. The van der Waals surface area contributed by atoms with Crippen molar-refractivity contribution in [1.29, 1.82) is 5.41 Å². The first-order chi connectivity index (χ1) is 14.6. The zero-order valence-corrected chi connectivity index (χ0v) is 17.2. The maximum Gasteiger partial charge on any atom is 0.0632 e. The van der Waals surface area contributed by atoms with E-state index in [2.05, 4.69) is 61.5 Å². The SMILES string of the molecule is CC1C=C(c2ccc(-c3ccc(/C(N)=C/C(=N)c4ccccc4)cc3)cc2)C=CC1. The highest BCUT2D eigenvalue weighted by molar-refractivity contribution is 6.10. The molecule has 1 aliphatic carbocycles. The predicted octanol–water partition coefficient (Wildman–Crippen LogP) is 6.70. The van der Waals surface area contributed by atoms with Gasteiger partial charge in [-0.05, 0) is 51.8 Å². The molecule has 0 bridgehead atoms. The Morgan fingerprint density at radius 3 is 2.07 bits per heavy atom.